The van der Waals surface area contributed by atoms with Crippen LogP contribution in [0.2, 0.25) is 0 Å². The summed E-state index contributed by atoms with van der Waals surface area (Å²) in [6.45, 7) is 7.26. The van der Waals surface area contributed by atoms with Crippen molar-refractivity contribution in [3.63, 3.8) is 0 Å². The zero-order chi connectivity index (χ0) is 17.3. The summed E-state index contributed by atoms with van der Waals surface area (Å²) < 4.78 is 0. The Bertz CT molecular complexity index is 909. The van der Waals surface area contributed by atoms with Gasteiger partial charge in [0, 0.05) is 0 Å². The van der Waals surface area contributed by atoms with Gasteiger partial charge in [-0.3, -0.25) is 0 Å². The summed E-state index contributed by atoms with van der Waals surface area (Å²) in [6.07, 6.45) is 0. The van der Waals surface area contributed by atoms with Crippen molar-refractivity contribution in [2.45, 2.75) is 38.9 Å². The average molecular weight is 318 g/mol. The molecule has 0 fully saturated rings. The van der Waals surface area contributed by atoms with Crippen molar-refractivity contribution in [1.29, 1.82) is 0 Å². The maximum absolute atomic E-state index is 10.4. The van der Waals surface area contributed by atoms with Crippen molar-refractivity contribution in [2.24, 2.45) is 0 Å². The second-order valence-electron chi connectivity index (χ2n) is 7.84. The third-order valence-electron chi connectivity index (χ3n) is 4.95. The van der Waals surface area contributed by atoms with Gasteiger partial charge in [-0.15, -0.1) is 0 Å². The van der Waals surface area contributed by atoms with Gasteiger partial charge in [0.15, 0.2) is 0 Å². The van der Waals surface area contributed by atoms with Crippen LogP contribution in [0, 0.1) is 0 Å². The van der Waals surface area contributed by atoms with Crippen molar-refractivity contribution in [2.75, 3.05) is 0 Å². The first-order chi connectivity index (χ1) is 11.1. The van der Waals surface area contributed by atoms with E-state index in [1.54, 1.807) is 0 Å². The number of aliphatic hydroxyl groups is 2. The van der Waals surface area contributed by atoms with Crippen LogP contribution in [0.1, 0.15) is 38.8 Å². The van der Waals surface area contributed by atoms with E-state index in [4.69, 9.17) is 0 Å². The Hall–Kier alpha value is -2.16. The molecule has 0 saturated carbocycles. The molecule has 0 aliphatic rings. The second-order valence-corrected chi connectivity index (χ2v) is 7.84. The zero-order valence-electron chi connectivity index (χ0n) is 14.5. The smallest absolute Gasteiger partial charge is 0.0840 e. The molecule has 4 aromatic carbocycles. The topological polar surface area (TPSA) is 40.5 Å². The molecule has 24 heavy (non-hydrogen) atoms. The van der Waals surface area contributed by atoms with Gasteiger partial charge in [-0.25, -0.2) is 0 Å². The molecular formula is C22H22O2. The maximum atomic E-state index is 10.4. The van der Waals surface area contributed by atoms with Gasteiger partial charge < -0.3 is 10.2 Å². The minimum atomic E-state index is -0.863. The standard InChI is InChI=1S/C22H22O2/c1-21(2,23)17-9-13-5-7-15-11-18(22(3,4)24)12-16-8-6-14(10-17)19(13)20(15)16/h5-12,23-24H,1-4H3. The molecule has 0 saturated heterocycles. The van der Waals surface area contributed by atoms with Gasteiger partial charge in [0.2, 0.25) is 0 Å². The summed E-state index contributed by atoms with van der Waals surface area (Å²) in [4.78, 5) is 0. The Morgan fingerprint density at radius 3 is 1.00 bits per heavy atom. The third-order valence-corrected chi connectivity index (χ3v) is 4.95. The molecule has 0 atom stereocenters. The highest BCUT2D eigenvalue weighted by molar-refractivity contribution is 6.23. The first kappa shape index (κ1) is 15.4. The molecule has 122 valence electrons. The number of rotatable bonds is 2. The van der Waals surface area contributed by atoms with E-state index < -0.39 is 11.2 Å². The monoisotopic (exact) mass is 318 g/mol. The molecule has 4 aromatic rings. The van der Waals surface area contributed by atoms with Crippen molar-refractivity contribution < 1.29 is 10.2 Å². The second kappa shape index (κ2) is 4.69. The van der Waals surface area contributed by atoms with Crippen molar-refractivity contribution >= 4 is 32.3 Å². The van der Waals surface area contributed by atoms with Crippen molar-refractivity contribution in [3.8, 4) is 0 Å². The third kappa shape index (κ3) is 2.26. The molecule has 0 spiro atoms. The largest absolute Gasteiger partial charge is 0.386 e. The maximum Gasteiger partial charge on any atom is 0.0840 e. The van der Waals surface area contributed by atoms with E-state index in [1.807, 2.05) is 27.7 Å². The lowest BCUT2D eigenvalue weighted by atomic mass is 9.87. The fourth-order valence-corrected chi connectivity index (χ4v) is 3.54. The molecule has 0 aliphatic carbocycles. The Labute approximate surface area is 141 Å². The van der Waals surface area contributed by atoms with Crippen LogP contribution in [0.3, 0.4) is 0 Å². The van der Waals surface area contributed by atoms with Gasteiger partial charge in [0.05, 0.1) is 11.2 Å². The van der Waals surface area contributed by atoms with Gasteiger partial charge in [-0.05, 0) is 95.4 Å². The van der Waals surface area contributed by atoms with Gasteiger partial charge >= 0.3 is 0 Å². The summed E-state index contributed by atoms with van der Waals surface area (Å²) in [5.74, 6) is 0. The molecule has 4 rings (SSSR count). The molecule has 0 bridgehead atoms. The summed E-state index contributed by atoms with van der Waals surface area (Å²) in [7, 11) is 0. The Morgan fingerprint density at radius 2 is 0.792 bits per heavy atom. The quantitative estimate of drug-likeness (QED) is 0.508. The molecule has 0 radical (unpaired) electrons. The van der Waals surface area contributed by atoms with E-state index in [-0.39, 0.29) is 0 Å². The molecule has 2 heteroatoms. The van der Waals surface area contributed by atoms with E-state index in [0.29, 0.717) is 0 Å². The number of hydrogen-bond donors (Lipinski definition) is 2. The van der Waals surface area contributed by atoms with Crippen LogP contribution in [0.15, 0.2) is 48.5 Å². The predicted octanol–water partition coefficient (Wildman–Crippen LogP) is 5.04. The summed E-state index contributed by atoms with van der Waals surface area (Å²) in [5.41, 5.74) is 0.119. The van der Waals surface area contributed by atoms with Crippen LogP contribution < -0.4 is 0 Å². The first-order valence-electron chi connectivity index (χ1n) is 8.33. The molecule has 0 aromatic heterocycles. The lowest BCUT2D eigenvalue weighted by Gasteiger charge is -2.22. The van der Waals surface area contributed by atoms with E-state index in [0.717, 1.165) is 32.7 Å². The summed E-state index contributed by atoms with van der Waals surface area (Å²) in [6, 6.07) is 16.7. The van der Waals surface area contributed by atoms with E-state index in [9.17, 15) is 10.2 Å². The molecular weight excluding hydrogens is 296 g/mol. The normalized spacial score (nSPS) is 13.4. The lowest BCUT2D eigenvalue weighted by Crippen LogP contribution is -2.15. The molecule has 2 nitrogen and oxygen atoms in total. The number of hydrogen-bond acceptors (Lipinski definition) is 2. The SMILES string of the molecule is CC(C)(O)c1cc2ccc3cc(C(C)(C)O)cc4ccc(c1)c2c34. The highest BCUT2D eigenvalue weighted by Gasteiger charge is 2.21. The molecule has 0 aliphatic heterocycles. The average Bonchev–Trinajstić information content (AvgIpc) is 2.50. The van der Waals surface area contributed by atoms with Crippen LogP contribution in [0.5, 0.6) is 0 Å². The van der Waals surface area contributed by atoms with Gasteiger partial charge in [-0.1, -0.05) is 24.3 Å². The van der Waals surface area contributed by atoms with E-state index >= 15 is 0 Å². The van der Waals surface area contributed by atoms with E-state index in [2.05, 4.69) is 48.5 Å². The Balaban J connectivity index is 2.14. The van der Waals surface area contributed by atoms with Gasteiger partial charge in [-0.2, -0.15) is 0 Å². The van der Waals surface area contributed by atoms with Crippen molar-refractivity contribution in [1.82, 2.24) is 0 Å². The van der Waals surface area contributed by atoms with Gasteiger partial charge in [0.1, 0.15) is 0 Å². The summed E-state index contributed by atoms with van der Waals surface area (Å²) in [5, 5.41) is 27.7. The fourth-order valence-electron chi connectivity index (χ4n) is 3.54. The molecule has 2 N–H and O–H groups in total. The predicted molar refractivity (Wildman–Crippen MR) is 101 cm³/mol. The molecule has 0 amide bonds. The minimum absolute atomic E-state index is 0.863. The van der Waals surface area contributed by atoms with E-state index in [1.165, 1.54) is 10.8 Å². The minimum Gasteiger partial charge on any atom is -0.386 e. The highest BCUT2D eigenvalue weighted by Crippen LogP contribution is 2.38. The Morgan fingerprint density at radius 1 is 0.542 bits per heavy atom. The fraction of sp³-hybridized carbons (Fsp3) is 0.273. The van der Waals surface area contributed by atoms with Crippen molar-refractivity contribution in [3.05, 3.63) is 59.7 Å². The van der Waals surface area contributed by atoms with Crippen LogP contribution in [0.25, 0.3) is 32.3 Å². The lowest BCUT2D eigenvalue weighted by molar-refractivity contribution is 0.0783. The zero-order valence-corrected chi connectivity index (χ0v) is 14.5. The first-order valence-corrected chi connectivity index (χ1v) is 8.33. The molecule has 0 heterocycles. The van der Waals surface area contributed by atoms with Crippen LogP contribution >= 0.6 is 0 Å². The van der Waals surface area contributed by atoms with Crippen LogP contribution in [0.4, 0.5) is 0 Å². The summed E-state index contributed by atoms with van der Waals surface area (Å²) >= 11 is 0. The van der Waals surface area contributed by atoms with Crippen LogP contribution in [-0.2, 0) is 11.2 Å². The highest BCUT2D eigenvalue weighted by atomic mass is 16.3. The Kier molecular flexibility index (Phi) is 3.00. The molecule has 0 unspecified atom stereocenters. The number of benzene rings is 4. The van der Waals surface area contributed by atoms with Gasteiger partial charge in [0.25, 0.3) is 0 Å². The van der Waals surface area contributed by atoms with Crippen LogP contribution in [-0.4, -0.2) is 10.2 Å².